The van der Waals surface area contributed by atoms with Crippen LogP contribution in [0.4, 0.5) is 5.69 Å². The lowest BCUT2D eigenvalue weighted by molar-refractivity contribution is 0.249. The lowest BCUT2D eigenvalue weighted by atomic mass is 10.2. The molecule has 1 aliphatic heterocycles. The monoisotopic (exact) mass is 346 g/mol. The molecule has 2 heterocycles. The summed E-state index contributed by atoms with van der Waals surface area (Å²) in [5, 5.41) is 5.13. The van der Waals surface area contributed by atoms with Crippen molar-refractivity contribution in [2.75, 3.05) is 31.1 Å². The predicted octanol–water partition coefficient (Wildman–Crippen LogP) is 1.36. The van der Waals surface area contributed by atoms with E-state index in [0.29, 0.717) is 0 Å². The lowest BCUT2D eigenvalue weighted by Gasteiger charge is -2.36. The van der Waals surface area contributed by atoms with Gasteiger partial charge >= 0.3 is 0 Å². The molecule has 0 unspecified atom stereocenters. The number of piperazine rings is 1. The third kappa shape index (κ3) is 4.11. The maximum absolute atomic E-state index is 11.3. The highest BCUT2D eigenvalue weighted by Gasteiger charge is 2.18. The molecule has 0 bridgehead atoms. The van der Waals surface area contributed by atoms with E-state index in [2.05, 4.69) is 27.8 Å². The predicted molar refractivity (Wildman–Crippen MR) is 94.3 cm³/mol. The minimum absolute atomic E-state index is 0.150. The number of hydrogen-bond donors (Lipinski definition) is 1. The van der Waals surface area contributed by atoms with E-state index in [1.165, 1.54) is 11.1 Å². The second-order valence-corrected chi connectivity index (χ2v) is 7.73. The Balaban J connectivity index is 1.59. The van der Waals surface area contributed by atoms with Gasteiger partial charge in [-0.1, -0.05) is 6.07 Å². The highest BCUT2D eigenvalue weighted by molar-refractivity contribution is 7.89. The Kier molecular flexibility index (Phi) is 4.84. The molecule has 1 fully saturated rings. The van der Waals surface area contributed by atoms with Crippen LogP contribution >= 0.6 is 0 Å². The van der Waals surface area contributed by atoms with Gasteiger partial charge in [-0.25, -0.2) is 13.6 Å². The van der Waals surface area contributed by atoms with Gasteiger partial charge in [0.15, 0.2) is 0 Å². The zero-order chi connectivity index (χ0) is 17.2. The molecule has 0 aliphatic carbocycles. The van der Waals surface area contributed by atoms with Crippen molar-refractivity contribution in [1.82, 2.24) is 9.88 Å². The minimum Gasteiger partial charge on any atom is -0.369 e. The molecule has 6 nitrogen and oxygen atoms in total. The number of nitrogens with two attached hydrogens (primary N) is 1. The van der Waals surface area contributed by atoms with Gasteiger partial charge in [-0.05, 0) is 42.3 Å². The number of hydrogen-bond acceptors (Lipinski definition) is 5. The summed E-state index contributed by atoms with van der Waals surface area (Å²) in [6.45, 7) is 6.71. The van der Waals surface area contributed by atoms with Crippen molar-refractivity contribution in [3.8, 4) is 0 Å². The van der Waals surface area contributed by atoms with Crippen molar-refractivity contribution in [2.24, 2.45) is 5.14 Å². The van der Waals surface area contributed by atoms with Gasteiger partial charge in [-0.15, -0.1) is 0 Å². The number of pyridine rings is 1. The molecule has 0 radical (unpaired) electrons. The second kappa shape index (κ2) is 6.88. The van der Waals surface area contributed by atoms with Crippen molar-refractivity contribution < 1.29 is 8.42 Å². The Morgan fingerprint density at radius 1 is 1.08 bits per heavy atom. The second-order valence-electron chi connectivity index (χ2n) is 6.17. The number of sulfonamides is 1. The summed E-state index contributed by atoms with van der Waals surface area (Å²) in [6, 6.07) is 8.94. The molecule has 1 aliphatic rings. The van der Waals surface area contributed by atoms with Crippen molar-refractivity contribution in [1.29, 1.82) is 0 Å². The molecule has 0 atom stereocenters. The molecule has 1 aromatic heterocycles. The number of rotatable bonds is 4. The van der Waals surface area contributed by atoms with E-state index in [0.717, 1.165) is 38.4 Å². The summed E-state index contributed by atoms with van der Waals surface area (Å²) in [4.78, 5) is 9.06. The molecule has 1 saturated heterocycles. The van der Waals surface area contributed by atoms with Crippen molar-refractivity contribution in [3.05, 3.63) is 53.9 Å². The van der Waals surface area contributed by atoms with Crippen LogP contribution in [0.15, 0.2) is 47.6 Å². The highest BCUT2D eigenvalue weighted by Crippen LogP contribution is 2.19. The van der Waals surface area contributed by atoms with E-state index >= 15 is 0 Å². The van der Waals surface area contributed by atoms with E-state index in [1.807, 2.05) is 24.5 Å². The molecular formula is C17H22N4O2S. The Labute approximate surface area is 143 Å². The fourth-order valence-electron chi connectivity index (χ4n) is 2.97. The van der Waals surface area contributed by atoms with Crippen LogP contribution in [0.25, 0.3) is 0 Å². The van der Waals surface area contributed by atoms with Crippen molar-refractivity contribution in [2.45, 2.75) is 18.4 Å². The third-order valence-corrected chi connectivity index (χ3v) is 5.17. The lowest BCUT2D eigenvalue weighted by Crippen LogP contribution is -2.46. The quantitative estimate of drug-likeness (QED) is 0.904. The Morgan fingerprint density at radius 2 is 1.75 bits per heavy atom. The van der Waals surface area contributed by atoms with E-state index < -0.39 is 10.0 Å². The Bertz CT molecular complexity index is 798. The normalized spacial score (nSPS) is 16.3. The number of primary sulfonamides is 1. The van der Waals surface area contributed by atoms with Crippen LogP contribution in [0, 0.1) is 6.92 Å². The standard InChI is InChI=1S/C17H22N4O2S/c1-14-10-15(12-19-11-14)13-20-6-8-21(9-7-20)16-2-4-17(5-3-16)24(18,22)23/h2-5,10-12H,6-9,13H2,1H3,(H2,18,22,23). The van der Waals surface area contributed by atoms with Crippen LogP contribution in [-0.4, -0.2) is 44.5 Å². The van der Waals surface area contributed by atoms with Gasteiger partial charge in [0.1, 0.15) is 0 Å². The van der Waals surface area contributed by atoms with Crippen LogP contribution < -0.4 is 10.0 Å². The third-order valence-electron chi connectivity index (χ3n) is 4.24. The average molecular weight is 346 g/mol. The summed E-state index contributed by atoms with van der Waals surface area (Å²) in [6.07, 6.45) is 3.79. The zero-order valence-corrected chi connectivity index (χ0v) is 14.5. The van der Waals surface area contributed by atoms with Crippen molar-refractivity contribution >= 4 is 15.7 Å². The maximum Gasteiger partial charge on any atom is 0.238 e. The molecular weight excluding hydrogens is 324 g/mol. The van der Waals surface area contributed by atoms with Crippen LogP contribution in [0.1, 0.15) is 11.1 Å². The largest absolute Gasteiger partial charge is 0.369 e. The summed E-state index contributed by atoms with van der Waals surface area (Å²) in [7, 11) is -3.63. The number of aryl methyl sites for hydroxylation is 1. The smallest absolute Gasteiger partial charge is 0.238 e. The molecule has 0 saturated carbocycles. The van der Waals surface area contributed by atoms with Crippen LogP contribution in [0.2, 0.25) is 0 Å². The molecule has 24 heavy (non-hydrogen) atoms. The molecule has 2 N–H and O–H groups in total. The van der Waals surface area contributed by atoms with Crippen LogP contribution in [-0.2, 0) is 16.6 Å². The Morgan fingerprint density at radius 3 is 2.33 bits per heavy atom. The zero-order valence-electron chi connectivity index (χ0n) is 13.7. The van der Waals surface area contributed by atoms with E-state index in [-0.39, 0.29) is 4.90 Å². The summed E-state index contributed by atoms with van der Waals surface area (Å²) < 4.78 is 22.6. The number of anilines is 1. The van der Waals surface area contributed by atoms with Crippen LogP contribution in [0.5, 0.6) is 0 Å². The minimum atomic E-state index is -3.63. The van der Waals surface area contributed by atoms with Crippen LogP contribution in [0.3, 0.4) is 0 Å². The average Bonchev–Trinajstić information content (AvgIpc) is 2.55. The first-order chi connectivity index (χ1) is 11.4. The molecule has 3 rings (SSSR count). The fourth-order valence-corrected chi connectivity index (χ4v) is 3.49. The summed E-state index contributed by atoms with van der Waals surface area (Å²) >= 11 is 0. The van der Waals surface area contributed by atoms with Gasteiger partial charge in [-0.3, -0.25) is 9.88 Å². The first kappa shape index (κ1) is 16.9. The van der Waals surface area contributed by atoms with Gasteiger partial charge in [0, 0.05) is 50.8 Å². The van der Waals surface area contributed by atoms with Gasteiger partial charge in [-0.2, -0.15) is 0 Å². The topological polar surface area (TPSA) is 79.5 Å². The van der Waals surface area contributed by atoms with Gasteiger partial charge < -0.3 is 4.90 Å². The highest BCUT2D eigenvalue weighted by atomic mass is 32.2. The molecule has 0 amide bonds. The number of nitrogens with zero attached hydrogens (tertiary/aromatic N) is 3. The molecule has 7 heteroatoms. The maximum atomic E-state index is 11.3. The summed E-state index contributed by atoms with van der Waals surface area (Å²) in [5.74, 6) is 0. The van der Waals surface area contributed by atoms with Gasteiger partial charge in [0.2, 0.25) is 10.0 Å². The number of aromatic nitrogens is 1. The first-order valence-electron chi connectivity index (χ1n) is 7.92. The van der Waals surface area contributed by atoms with Gasteiger partial charge in [0.25, 0.3) is 0 Å². The molecule has 128 valence electrons. The SMILES string of the molecule is Cc1cncc(CN2CCN(c3ccc(S(N)(=O)=O)cc3)CC2)c1. The molecule has 1 aromatic carbocycles. The van der Waals surface area contributed by atoms with Gasteiger partial charge in [0.05, 0.1) is 4.90 Å². The van der Waals surface area contributed by atoms with E-state index in [9.17, 15) is 8.42 Å². The van der Waals surface area contributed by atoms with E-state index in [4.69, 9.17) is 5.14 Å². The fraction of sp³-hybridized carbons (Fsp3) is 0.353. The number of benzene rings is 1. The van der Waals surface area contributed by atoms with E-state index in [1.54, 1.807) is 12.1 Å². The molecule has 2 aromatic rings. The Hall–Kier alpha value is -1.96. The van der Waals surface area contributed by atoms with Crippen molar-refractivity contribution in [3.63, 3.8) is 0 Å². The summed E-state index contributed by atoms with van der Waals surface area (Å²) in [5.41, 5.74) is 3.45. The molecule has 0 spiro atoms. The first-order valence-corrected chi connectivity index (χ1v) is 9.47.